The lowest BCUT2D eigenvalue weighted by atomic mass is 10.0. The van der Waals surface area contributed by atoms with Crippen LogP contribution in [0.25, 0.3) is 0 Å². The zero-order valence-electron chi connectivity index (χ0n) is 12.1. The van der Waals surface area contributed by atoms with Gasteiger partial charge in [0, 0.05) is 13.0 Å². The summed E-state index contributed by atoms with van der Waals surface area (Å²) in [7, 11) is 0. The van der Waals surface area contributed by atoms with E-state index in [0.29, 0.717) is 12.3 Å². The molecule has 4 heteroatoms. The Hall–Kier alpha value is -1.39. The van der Waals surface area contributed by atoms with Gasteiger partial charge in [-0.3, -0.25) is 4.79 Å². The van der Waals surface area contributed by atoms with Crippen molar-refractivity contribution in [2.45, 2.75) is 32.3 Å². The minimum Gasteiger partial charge on any atom is -0.387 e. The second-order valence-electron chi connectivity index (χ2n) is 5.57. The van der Waals surface area contributed by atoms with Crippen LogP contribution in [0.15, 0.2) is 24.3 Å². The van der Waals surface area contributed by atoms with Crippen LogP contribution in [0.2, 0.25) is 0 Å². The van der Waals surface area contributed by atoms with Gasteiger partial charge in [0.1, 0.15) is 0 Å². The molecule has 1 aromatic rings. The minimum absolute atomic E-state index is 0.0320. The molecular formula is C16H24N2O2. The molecule has 2 rings (SSSR count). The summed E-state index contributed by atoms with van der Waals surface area (Å²) in [6, 6.07) is 7.71. The second-order valence-corrected chi connectivity index (χ2v) is 5.57. The average Bonchev–Trinajstić information content (AvgIpc) is 2.96. The Morgan fingerprint density at radius 3 is 3.00 bits per heavy atom. The first-order chi connectivity index (χ1) is 9.66. The lowest BCUT2D eigenvalue weighted by molar-refractivity contribution is -0.121. The Bertz CT molecular complexity index is 442. The van der Waals surface area contributed by atoms with Gasteiger partial charge < -0.3 is 15.7 Å². The van der Waals surface area contributed by atoms with Crippen LogP contribution in [0.5, 0.6) is 0 Å². The quantitative estimate of drug-likeness (QED) is 0.738. The molecule has 110 valence electrons. The fourth-order valence-electron chi connectivity index (χ4n) is 2.67. The Balaban J connectivity index is 1.71. The van der Waals surface area contributed by atoms with Gasteiger partial charge in [-0.1, -0.05) is 24.3 Å². The fourth-order valence-corrected chi connectivity index (χ4v) is 2.67. The third kappa shape index (κ3) is 4.32. The summed E-state index contributed by atoms with van der Waals surface area (Å²) in [5, 5.41) is 16.2. The van der Waals surface area contributed by atoms with Crippen molar-refractivity contribution in [2.75, 3.05) is 19.6 Å². The second kappa shape index (κ2) is 7.41. The number of aliphatic hydroxyl groups excluding tert-OH is 1. The number of benzene rings is 1. The third-order valence-electron chi connectivity index (χ3n) is 3.98. The van der Waals surface area contributed by atoms with Gasteiger partial charge in [0.2, 0.25) is 5.91 Å². The smallest absolute Gasteiger partial charge is 0.220 e. The molecule has 1 aliphatic rings. The predicted octanol–water partition coefficient (Wildman–Crippen LogP) is 1.53. The molecule has 1 heterocycles. The van der Waals surface area contributed by atoms with Gasteiger partial charge >= 0.3 is 0 Å². The number of amides is 1. The van der Waals surface area contributed by atoms with Crippen LogP contribution in [0.1, 0.15) is 36.5 Å². The molecule has 20 heavy (non-hydrogen) atoms. The van der Waals surface area contributed by atoms with Crippen molar-refractivity contribution in [3.05, 3.63) is 35.4 Å². The van der Waals surface area contributed by atoms with E-state index in [9.17, 15) is 9.90 Å². The first-order valence-corrected chi connectivity index (χ1v) is 7.38. The maximum Gasteiger partial charge on any atom is 0.220 e. The van der Waals surface area contributed by atoms with Gasteiger partial charge in [-0.25, -0.2) is 0 Å². The molecule has 0 radical (unpaired) electrons. The summed E-state index contributed by atoms with van der Waals surface area (Å²) < 4.78 is 0. The normalized spacial score (nSPS) is 19.8. The van der Waals surface area contributed by atoms with Crippen molar-refractivity contribution in [1.29, 1.82) is 0 Å². The number of nitrogens with one attached hydrogen (secondary N) is 2. The van der Waals surface area contributed by atoms with E-state index < -0.39 is 6.10 Å². The molecule has 1 aliphatic heterocycles. The van der Waals surface area contributed by atoms with Crippen molar-refractivity contribution in [1.82, 2.24) is 10.6 Å². The number of carbonyl (C=O) groups is 1. The van der Waals surface area contributed by atoms with Crippen LogP contribution in [0.4, 0.5) is 0 Å². The van der Waals surface area contributed by atoms with Crippen molar-refractivity contribution in [3.8, 4) is 0 Å². The zero-order valence-corrected chi connectivity index (χ0v) is 12.1. The van der Waals surface area contributed by atoms with E-state index >= 15 is 0 Å². The highest BCUT2D eigenvalue weighted by atomic mass is 16.3. The van der Waals surface area contributed by atoms with Gasteiger partial charge in [-0.05, 0) is 49.9 Å². The molecule has 1 aromatic carbocycles. The first kappa shape index (κ1) is 15.0. The van der Waals surface area contributed by atoms with Crippen LogP contribution >= 0.6 is 0 Å². The Kier molecular flexibility index (Phi) is 5.56. The summed E-state index contributed by atoms with van der Waals surface area (Å²) in [6.45, 7) is 4.34. The lowest BCUT2D eigenvalue weighted by Gasteiger charge is -2.15. The van der Waals surface area contributed by atoms with Crippen LogP contribution in [-0.2, 0) is 4.79 Å². The van der Waals surface area contributed by atoms with E-state index in [0.717, 1.165) is 30.6 Å². The number of carbonyl (C=O) groups excluding carboxylic acids is 1. The van der Waals surface area contributed by atoms with Crippen LogP contribution in [0.3, 0.4) is 0 Å². The fraction of sp³-hybridized carbons (Fsp3) is 0.562. The summed E-state index contributed by atoms with van der Waals surface area (Å²) >= 11 is 0. The molecule has 0 bridgehead atoms. The summed E-state index contributed by atoms with van der Waals surface area (Å²) in [4.78, 5) is 11.8. The van der Waals surface area contributed by atoms with E-state index in [4.69, 9.17) is 0 Å². The molecule has 1 fully saturated rings. The number of aryl methyl sites for hydroxylation is 1. The average molecular weight is 276 g/mol. The van der Waals surface area contributed by atoms with E-state index in [-0.39, 0.29) is 12.5 Å². The largest absolute Gasteiger partial charge is 0.387 e. The first-order valence-electron chi connectivity index (χ1n) is 7.38. The summed E-state index contributed by atoms with van der Waals surface area (Å²) in [5.41, 5.74) is 1.93. The van der Waals surface area contributed by atoms with Gasteiger partial charge in [-0.15, -0.1) is 0 Å². The maximum atomic E-state index is 11.8. The van der Waals surface area contributed by atoms with Crippen molar-refractivity contribution in [2.24, 2.45) is 5.92 Å². The molecule has 0 aliphatic carbocycles. The molecule has 4 nitrogen and oxygen atoms in total. The highest BCUT2D eigenvalue weighted by Crippen LogP contribution is 2.17. The Labute approximate surface area is 120 Å². The predicted molar refractivity (Wildman–Crippen MR) is 79.4 cm³/mol. The minimum atomic E-state index is -0.631. The number of rotatable bonds is 6. The van der Waals surface area contributed by atoms with Crippen LogP contribution < -0.4 is 10.6 Å². The van der Waals surface area contributed by atoms with Gasteiger partial charge in [0.15, 0.2) is 0 Å². The van der Waals surface area contributed by atoms with Crippen molar-refractivity contribution in [3.63, 3.8) is 0 Å². The van der Waals surface area contributed by atoms with Gasteiger partial charge in [0.25, 0.3) is 0 Å². The molecule has 2 atom stereocenters. The zero-order chi connectivity index (χ0) is 14.4. The Morgan fingerprint density at radius 2 is 2.30 bits per heavy atom. The molecule has 2 unspecified atom stereocenters. The highest BCUT2D eigenvalue weighted by molar-refractivity contribution is 5.75. The monoisotopic (exact) mass is 276 g/mol. The Morgan fingerprint density at radius 1 is 1.50 bits per heavy atom. The number of aliphatic hydroxyl groups is 1. The van der Waals surface area contributed by atoms with E-state index in [1.807, 2.05) is 31.2 Å². The third-order valence-corrected chi connectivity index (χ3v) is 3.98. The van der Waals surface area contributed by atoms with Crippen molar-refractivity contribution >= 4 is 5.91 Å². The van der Waals surface area contributed by atoms with Crippen LogP contribution in [-0.4, -0.2) is 30.6 Å². The summed E-state index contributed by atoms with van der Waals surface area (Å²) in [5.74, 6) is 0.659. The molecule has 1 amide bonds. The SMILES string of the molecule is Cc1ccccc1C(O)CNC(=O)CCC1CCNC1. The van der Waals surface area contributed by atoms with E-state index in [1.54, 1.807) is 0 Å². The molecule has 1 saturated heterocycles. The standard InChI is InChI=1S/C16H24N2O2/c1-12-4-2-3-5-14(12)15(19)11-18-16(20)7-6-13-8-9-17-10-13/h2-5,13,15,17,19H,6-11H2,1H3,(H,18,20). The molecule has 0 aromatic heterocycles. The lowest BCUT2D eigenvalue weighted by Crippen LogP contribution is -2.29. The maximum absolute atomic E-state index is 11.8. The molecule has 3 N–H and O–H groups in total. The van der Waals surface area contributed by atoms with Crippen molar-refractivity contribution < 1.29 is 9.90 Å². The molecular weight excluding hydrogens is 252 g/mol. The van der Waals surface area contributed by atoms with E-state index in [1.165, 1.54) is 6.42 Å². The summed E-state index contributed by atoms with van der Waals surface area (Å²) in [6.07, 6.45) is 2.01. The molecule has 0 saturated carbocycles. The topological polar surface area (TPSA) is 61.4 Å². The number of hydrogen-bond acceptors (Lipinski definition) is 3. The highest BCUT2D eigenvalue weighted by Gasteiger charge is 2.16. The van der Waals surface area contributed by atoms with Gasteiger partial charge in [-0.2, -0.15) is 0 Å². The number of hydrogen-bond donors (Lipinski definition) is 3. The van der Waals surface area contributed by atoms with Crippen LogP contribution in [0, 0.1) is 12.8 Å². The van der Waals surface area contributed by atoms with E-state index in [2.05, 4.69) is 10.6 Å². The molecule has 0 spiro atoms. The van der Waals surface area contributed by atoms with Gasteiger partial charge in [0.05, 0.1) is 6.10 Å².